The number of aromatic nitrogens is 2. The number of nitrogens with one attached hydrogen (secondary N) is 1. The zero-order valence-electron chi connectivity index (χ0n) is 11.5. The Bertz CT molecular complexity index is 353. The highest BCUT2D eigenvalue weighted by molar-refractivity contribution is 7.09. The molecule has 2 heterocycles. The summed E-state index contributed by atoms with van der Waals surface area (Å²) < 4.78 is 4.45. The number of nitrogens with zero attached hydrogens (tertiary/aromatic N) is 3. The molecule has 1 aromatic rings. The molecule has 5 heteroatoms. The van der Waals surface area contributed by atoms with Crippen LogP contribution in [-0.2, 0) is 6.42 Å². The molecule has 1 unspecified atom stereocenters. The number of anilines is 1. The molecule has 18 heavy (non-hydrogen) atoms. The van der Waals surface area contributed by atoms with Crippen molar-refractivity contribution >= 4 is 16.7 Å². The van der Waals surface area contributed by atoms with Gasteiger partial charge in [-0.25, -0.2) is 4.98 Å². The summed E-state index contributed by atoms with van der Waals surface area (Å²) in [6.45, 7) is 7.71. The van der Waals surface area contributed by atoms with Gasteiger partial charge in [0.05, 0.1) is 0 Å². The van der Waals surface area contributed by atoms with Gasteiger partial charge in [-0.2, -0.15) is 4.37 Å². The minimum Gasteiger partial charge on any atom is -0.343 e. The smallest absolute Gasteiger partial charge is 0.205 e. The van der Waals surface area contributed by atoms with E-state index in [1.54, 1.807) is 11.5 Å². The number of aryl methyl sites for hydroxylation is 1. The summed E-state index contributed by atoms with van der Waals surface area (Å²) in [5.74, 6) is 1.02. The number of hydrogen-bond acceptors (Lipinski definition) is 5. The van der Waals surface area contributed by atoms with Gasteiger partial charge in [0.15, 0.2) is 0 Å². The van der Waals surface area contributed by atoms with Gasteiger partial charge in [-0.15, -0.1) is 0 Å². The SMILES string of the molecule is CCCNCC1CCCN1c1nc(CCC)ns1. The van der Waals surface area contributed by atoms with E-state index in [9.17, 15) is 0 Å². The van der Waals surface area contributed by atoms with E-state index in [0.717, 1.165) is 43.4 Å². The van der Waals surface area contributed by atoms with Crippen LogP contribution in [0, 0.1) is 0 Å². The topological polar surface area (TPSA) is 41.0 Å². The largest absolute Gasteiger partial charge is 0.343 e. The first-order valence-electron chi connectivity index (χ1n) is 7.15. The number of hydrogen-bond donors (Lipinski definition) is 1. The van der Waals surface area contributed by atoms with Crippen molar-refractivity contribution in [3.8, 4) is 0 Å². The maximum Gasteiger partial charge on any atom is 0.205 e. The summed E-state index contributed by atoms with van der Waals surface area (Å²) in [4.78, 5) is 7.11. The summed E-state index contributed by atoms with van der Waals surface area (Å²) in [6.07, 6.45) is 5.88. The Hall–Kier alpha value is -0.680. The average molecular weight is 268 g/mol. The Morgan fingerprint density at radius 1 is 1.39 bits per heavy atom. The summed E-state index contributed by atoms with van der Waals surface area (Å²) >= 11 is 1.57. The summed E-state index contributed by atoms with van der Waals surface area (Å²) in [5, 5.41) is 4.65. The molecule has 0 radical (unpaired) electrons. The van der Waals surface area contributed by atoms with Gasteiger partial charge >= 0.3 is 0 Å². The van der Waals surface area contributed by atoms with Crippen molar-refractivity contribution in [2.24, 2.45) is 0 Å². The third kappa shape index (κ3) is 3.42. The van der Waals surface area contributed by atoms with Crippen molar-refractivity contribution in [1.29, 1.82) is 0 Å². The zero-order chi connectivity index (χ0) is 12.8. The molecule has 102 valence electrons. The van der Waals surface area contributed by atoms with Gasteiger partial charge in [-0.1, -0.05) is 13.8 Å². The summed E-state index contributed by atoms with van der Waals surface area (Å²) in [7, 11) is 0. The van der Waals surface area contributed by atoms with Gasteiger partial charge in [0, 0.05) is 37.1 Å². The van der Waals surface area contributed by atoms with E-state index in [1.165, 1.54) is 19.3 Å². The fourth-order valence-electron chi connectivity index (χ4n) is 2.43. The quantitative estimate of drug-likeness (QED) is 0.771. The van der Waals surface area contributed by atoms with Crippen LogP contribution in [0.3, 0.4) is 0 Å². The van der Waals surface area contributed by atoms with E-state index in [-0.39, 0.29) is 0 Å². The molecule has 1 aromatic heterocycles. The Labute approximate surface area is 114 Å². The first-order chi connectivity index (χ1) is 8.85. The van der Waals surface area contributed by atoms with E-state index in [0.29, 0.717) is 6.04 Å². The molecule has 0 aliphatic carbocycles. The minimum atomic E-state index is 0.610. The maximum atomic E-state index is 4.67. The highest BCUT2D eigenvalue weighted by Crippen LogP contribution is 2.26. The fraction of sp³-hybridized carbons (Fsp3) is 0.846. The molecule has 1 N–H and O–H groups in total. The van der Waals surface area contributed by atoms with E-state index >= 15 is 0 Å². The Balaban J connectivity index is 1.92. The van der Waals surface area contributed by atoms with Crippen molar-refractivity contribution in [2.75, 3.05) is 24.5 Å². The van der Waals surface area contributed by atoms with Crippen LogP contribution in [0.1, 0.15) is 45.4 Å². The lowest BCUT2D eigenvalue weighted by molar-refractivity contribution is 0.570. The Morgan fingerprint density at radius 3 is 3.06 bits per heavy atom. The normalized spacial score (nSPS) is 19.7. The third-order valence-electron chi connectivity index (χ3n) is 3.36. The Morgan fingerprint density at radius 2 is 2.28 bits per heavy atom. The molecule has 0 aromatic carbocycles. The standard InChI is InChI=1S/C13H24N4S/c1-3-6-12-15-13(18-16-12)17-9-5-7-11(17)10-14-8-4-2/h11,14H,3-10H2,1-2H3. The molecule has 1 saturated heterocycles. The third-order valence-corrected chi connectivity index (χ3v) is 4.15. The Kier molecular flexibility index (Phi) is 5.38. The summed E-state index contributed by atoms with van der Waals surface area (Å²) in [6, 6.07) is 0.610. The van der Waals surface area contributed by atoms with Crippen molar-refractivity contribution < 1.29 is 0 Å². The molecule has 0 amide bonds. The second-order valence-electron chi connectivity index (χ2n) is 4.94. The molecule has 1 aliphatic rings. The second kappa shape index (κ2) is 7.04. The van der Waals surface area contributed by atoms with Crippen molar-refractivity contribution in [3.05, 3.63) is 5.82 Å². The van der Waals surface area contributed by atoms with Crippen LogP contribution >= 0.6 is 11.5 Å². The van der Waals surface area contributed by atoms with Crippen LogP contribution in [0.25, 0.3) is 0 Å². The number of rotatable bonds is 7. The molecular weight excluding hydrogens is 244 g/mol. The fourth-order valence-corrected chi connectivity index (χ4v) is 3.24. The summed E-state index contributed by atoms with van der Waals surface area (Å²) in [5.41, 5.74) is 0. The highest BCUT2D eigenvalue weighted by Gasteiger charge is 2.26. The van der Waals surface area contributed by atoms with E-state index in [1.807, 2.05) is 0 Å². The minimum absolute atomic E-state index is 0.610. The zero-order valence-corrected chi connectivity index (χ0v) is 12.3. The van der Waals surface area contributed by atoms with Crippen LogP contribution in [0.2, 0.25) is 0 Å². The van der Waals surface area contributed by atoms with Gasteiger partial charge < -0.3 is 10.2 Å². The molecule has 1 fully saturated rings. The van der Waals surface area contributed by atoms with Crippen LogP contribution in [0.4, 0.5) is 5.13 Å². The molecule has 0 bridgehead atoms. The highest BCUT2D eigenvalue weighted by atomic mass is 32.1. The molecule has 4 nitrogen and oxygen atoms in total. The first-order valence-corrected chi connectivity index (χ1v) is 7.92. The molecule has 0 spiro atoms. The van der Waals surface area contributed by atoms with Crippen LogP contribution < -0.4 is 10.2 Å². The van der Waals surface area contributed by atoms with Crippen LogP contribution in [-0.4, -0.2) is 35.0 Å². The van der Waals surface area contributed by atoms with Gasteiger partial charge in [0.1, 0.15) is 5.82 Å². The molecule has 1 aliphatic heterocycles. The average Bonchev–Trinajstić information content (AvgIpc) is 2.98. The second-order valence-corrected chi connectivity index (χ2v) is 5.67. The van der Waals surface area contributed by atoms with Crippen molar-refractivity contribution in [1.82, 2.24) is 14.7 Å². The predicted octanol–water partition coefficient (Wildman–Crippen LogP) is 2.46. The van der Waals surface area contributed by atoms with Crippen molar-refractivity contribution in [2.45, 2.75) is 52.0 Å². The van der Waals surface area contributed by atoms with E-state index in [4.69, 9.17) is 0 Å². The predicted molar refractivity (Wildman–Crippen MR) is 77.4 cm³/mol. The molecule has 0 saturated carbocycles. The lowest BCUT2D eigenvalue weighted by atomic mass is 10.2. The van der Waals surface area contributed by atoms with Gasteiger partial charge in [-0.05, 0) is 32.2 Å². The van der Waals surface area contributed by atoms with Gasteiger partial charge in [0.2, 0.25) is 5.13 Å². The monoisotopic (exact) mass is 268 g/mol. The first kappa shape index (κ1) is 13.7. The lowest BCUT2D eigenvalue weighted by Crippen LogP contribution is -2.38. The lowest BCUT2D eigenvalue weighted by Gasteiger charge is -2.23. The van der Waals surface area contributed by atoms with Crippen molar-refractivity contribution in [3.63, 3.8) is 0 Å². The maximum absolute atomic E-state index is 4.67. The van der Waals surface area contributed by atoms with E-state index < -0.39 is 0 Å². The van der Waals surface area contributed by atoms with Crippen LogP contribution in [0.5, 0.6) is 0 Å². The van der Waals surface area contributed by atoms with E-state index in [2.05, 4.69) is 33.4 Å². The molecule has 2 rings (SSSR count). The van der Waals surface area contributed by atoms with Gasteiger partial charge in [-0.3, -0.25) is 0 Å². The van der Waals surface area contributed by atoms with Gasteiger partial charge in [0.25, 0.3) is 0 Å². The van der Waals surface area contributed by atoms with Crippen LogP contribution in [0.15, 0.2) is 0 Å². The molecular formula is C13H24N4S. The molecule has 1 atom stereocenters.